The molecule has 7 nitrogen and oxygen atoms in total. The van der Waals surface area contributed by atoms with Crippen LogP contribution in [0.5, 0.6) is 0 Å². The Bertz CT molecular complexity index is 652. The highest BCUT2D eigenvalue weighted by atomic mass is 16.5. The van der Waals surface area contributed by atoms with Crippen LogP contribution in [0.2, 0.25) is 0 Å². The number of ether oxygens (including phenoxy) is 1. The summed E-state index contributed by atoms with van der Waals surface area (Å²) in [6.07, 6.45) is 1.51. The number of aromatic amines is 1. The molecule has 0 saturated heterocycles. The van der Waals surface area contributed by atoms with E-state index in [1.807, 2.05) is 19.9 Å². The van der Waals surface area contributed by atoms with Gasteiger partial charge in [-0.3, -0.25) is 14.7 Å². The van der Waals surface area contributed by atoms with Crippen LogP contribution >= 0.6 is 0 Å². The maximum Gasteiger partial charge on any atom is 0.271 e. The van der Waals surface area contributed by atoms with Gasteiger partial charge in [0.1, 0.15) is 5.69 Å². The predicted molar refractivity (Wildman–Crippen MR) is 86.4 cm³/mol. The van der Waals surface area contributed by atoms with Crippen molar-refractivity contribution in [3.05, 3.63) is 47.8 Å². The molecule has 2 rings (SSSR count). The summed E-state index contributed by atoms with van der Waals surface area (Å²) >= 11 is 0. The Hall–Kier alpha value is -2.67. The molecule has 1 heterocycles. The van der Waals surface area contributed by atoms with E-state index >= 15 is 0 Å². The number of carbonyl (C=O) groups excluding carboxylic acids is 2. The summed E-state index contributed by atoms with van der Waals surface area (Å²) in [5.74, 6) is -0.651. The molecule has 0 saturated carbocycles. The van der Waals surface area contributed by atoms with E-state index < -0.39 is 0 Å². The number of rotatable bonds is 7. The van der Waals surface area contributed by atoms with Crippen molar-refractivity contribution in [1.29, 1.82) is 0 Å². The van der Waals surface area contributed by atoms with E-state index in [0.29, 0.717) is 24.4 Å². The molecule has 0 fully saturated rings. The lowest BCUT2D eigenvalue weighted by atomic mass is 10.2. The van der Waals surface area contributed by atoms with Gasteiger partial charge < -0.3 is 15.4 Å². The molecule has 122 valence electrons. The average Bonchev–Trinajstić information content (AvgIpc) is 3.00. The van der Waals surface area contributed by atoms with Crippen LogP contribution in [0.25, 0.3) is 0 Å². The second-order valence-electron chi connectivity index (χ2n) is 5.15. The standard InChI is InChI=1S/C16H20N4O3/c1-11(2)23-9-8-17-16(22)14-13(10-18-20-14)19-15(21)12-6-4-3-5-7-12/h3-7,10-11H,8-9H2,1-2H3,(H,17,22)(H,18,20)(H,19,21). The van der Waals surface area contributed by atoms with E-state index in [0.717, 1.165) is 0 Å². The van der Waals surface area contributed by atoms with Gasteiger partial charge in [-0.15, -0.1) is 0 Å². The largest absolute Gasteiger partial charge is 0.377 e. The summed E-state index contributed by atoms with van der Waals surface area (Å²) in [6, 6.07) is 8.75. The van der Waals surface area contributed by atoms with Gasteiger partial charge in [-0.2, -0.15) is 5.10 Å². The van der Waals surface area contributed by atoms with E-state index in [1.54, 1.807) is 24.3 Å². The Morgan fingerprint density at radius 1 is 1.22 bits per heavy atom. The third kappa shape index (κ3) is 4.93. The molecule has 0 aliphatic rings. The van der Waals surface area contributed by atoms with Crippen molar-refractivity contribution >= 4 is 17.5 Å². The van der Waals surface area contributed by atoms with Crippen molar-refractivity contribution in [2.75, 3.05) is 18.5 Å². The lowest BCUT2D eigenvalue weighted by molar-refractivity contribution is 0.0745. The monoisotopic (exact) mass is 316 g/mol. The molecule has 0 radical (unpaired) electrons. The molecule has 3 N–H and O–H groups in total. The zero-order valence-electron chi connectivity index (χ0n) is 13.1. The van der Waals surface area contributed by atoms with E-state index in [-0.39, 0.29) is 23.6 Å². The van der Waals surface area contributed by atoms with Crippen LogP contribution in [0, 0.1) is 0 Å². The van der Waals surface area contributed by atoms with Crippen molar-refractivity contribution in [2.45, 2.75) is 20.0 Å². The number of carbonyl (C=O) groups is 2. The molecule has 1 aromatic carbocycles. The molecule has 2 aromatic rings. The first-order chi connectivity index (χ1) is 11.1. The number of amides is 2. The summed E-state index contributed by atoms with van der Waals surface area (Å²) in [5, 5.41) is 11.8. The maximum absolute atomic E-state index is 12.1. The molecule has 0 atom stereocenters. The third-order valence-electron chi connectivity index (χ3n) is 2.99. The highest BCUT2D eigenvalue weighted by Crippen LogP contribution is 2.13. The number of nitrogens with zero attached hydrogens (tertiary/aromatic N) is 1. The molecule has 0 aliphatic carbocycles. The number of hydrogen-bond acceptors (Lipinski definition) is 4. The average molecular weight is 316 g/mol. The minimum absolute atomic E-state index is 0.111. The Balaban J connectivity index is 1.94. The minimum Gasteiger partial charge on any atom is -0.377 e. The van der Waals surface area contributed by atoms with E-state index in [2.05, 4.69) is 20.8 Å². The first-order valence-electron chi connectivity index (χ1n) is 7.37. The normalized spacial score (nSPS) is 10.6. The van der Waals surface area contributed by atoms with Crippen LogP contribution in [0.15, 0.2) is 36.5 Å². The minimum atomic E-state index is -0.349. The third-order valence-corrected chi connectivity index (χ3v) is 2.99. The molecule has 0 aliphatic heterocycles. The Morgan fingerprint density at radius 2 is 1.96 bits per heavy atom. The van der Waals surface area contributed by atoms with Crippen LogP contribution < -0.4 is 10.6 Å². The van der Waals surface area contributed by atoms with Crippen molar-refractivity contribution < 1.29 is 14.3 Å². The predicted octanol–water partition coefficient (Wildman–Crippen LogP) is 1.82. The molecule has 0 unspecified atom stereocenters. The van der Waals surface area contributed by atoms with E-state index in [9.17, 15) is 9.59 Å². The molecule has 0 spiro atoms. The van der Waals surface area contributed by atoms with Gasteiger partial charge in [0.05, 0.1) is 24.6 Å². The molecule has 0 bridgehead atoms. The Morgan fingerprint density at radius 3 is 2.65 bits per heavy atom. The summed E-state index contributed by atoms with van der Waals surface area (Å²) in [7, 11) is 0. The van der Waals surface area contributed by atoms with E-state index in [1.165, 1.54) is 6.20 Å². The van der Waals surface area contributed by atoms with E-state index in [4.69, 9.17) is 4.74 Å². The molecular weight excluding hydrogens is 296 g/mol. The zero-order chi connectivity index (χ0) is 16.7. The number of H-pyrrole nitrogens is 1. The lowest BCUT2D eigenvalue weighted by Gasteiger charge is -2.09. The molecule has 7 heteroatoms. The first-order valence-corrected chi connectivity index (χ1v) is 7.37. The molecule has 1 aromatic heterocycles. The molecule has 23 heavy (non-hydrogen) atoms. The Labute approximate surface area is 134 Å². The van der Waals surface area contributed by atoms with Gasteiger partial charge in [0, 0.05) is 12.1 Å². The molecule has 2 amide bonds. The quantitative estimate of drug-likeness (QED) is 0.679. The van der Waals surface area contributed by atoms with Gasteiger partial charge in [-0.1, -0.05) is 18.2 Å². The molecular formula is C16H20N4O3. The maximum atomic E-state index is 12.1. The van der Waals surface area contributed by atoms with Crippen LogP contribution in [-0.2, 0) is 4.74 Å². The van der Waals surface area contributed by atoms with Gasteiger partial charge >= 0.3 is 0 Å². The van der Waals surface area contributed by atoms with Gasteiger partial charge in [0.2, 0.25) is 0 Å². The fraction of sp³-hybridized carbons (Fsp3) is 0.312. The fourth-order valence-electron chi connectivity index (χ4n) is 1.89. The van der Waals surface area contributed by atoms with Crippen LogP contribution in [0.1, 0.15) is 34.7 Å². The SMILES string of the molecule is CC(C)OCCNC(=O)c1[nH]ncc1NC(=O)c1ccccc1. The topological polar surface area (TPSA) is 96.1 Å². The van der Waals surface area contributed by atoms with Crippen molar-refractivity contribution in [2.24, 2.45) is 0 Å². The number of hydrogen-bond donors (Lipinski definition) is 3. The lowest BCUT2D eigenvalue weighted by Crippen LogP contribution is -2.29. The zero-order valence-corrected chi connectivity index (χ0v) is 13.1. The Kier molecular flexibility index (Phi) is 5.87. The number of benzene rings is 1. The number of nitrogens with one attached hydrogen (secondary N) is 3. The highest BCUT2D eigenvalue weighted by molar-refractivity contribution is 6.08. The van der Waals surface area contributed by atoms with Crippen molar-refractivity contribution in [3.8, 4) is 0 Å². The van der Waals surface area contributed by atoms with Gasteiger partial charge in [-0.05, 0) is 26.0 Å². The second kappa shape index (κ2) is 8.09. The highest BCUT2D eigenvalue weighted by Gasteiger charge is 2.16. The summed E-state index contributed by atoms with van der Waals surface area (Å²) in [6.45, 7) is 4.65. The van der Waals surface area contributed by atoms with Gasteiger partial charge in [-0.25, -0.2) is 0 Å². The summed E-state index contributed by atoms with van der Waals surface area (Å²) < 4.78 is 5.35. The van der Waals surface area contributed by atoms with Crippen LogP contribution in [0.3, 0.4) is 0 Å². The fourth-order valence-corrected chi connectivity index (χ4v) is 1.89. The van der Waals surface area contributed by atoms with Crippen LogP contribution in [-0.4, -0.2) is 41.3 Å². The van der Waals surface area contributed by atoms with Crippen molar-refractivity contribution in [3.63, 3.8) is 0 Å². The van der Waals surface area contributed by atoms with Gasteiger partial charge in [0.25, 0.3) is 11.8 Å². The number of aromatic nitrogens is 2. The smallest absolute Gasteiger partial charge is 0.271 e. The summed E-state index contributed by atoms with van der Waals surface area (Å²) in [4.78, 5) is 24.2. The van der Waals surface area contributed by atoms with Crippen molar-refractivity contribution in [1.82, 2.24) is 15.5 Å². The first kappa shape index (κ1) is 16.7. The van der Waals surface area contributed by atoms with Gasteiger partial charge in [0.15, 0.2) is 0 Å². The summed E-state index contributed by atoms with van der Waals surface area (Å²) in [5.41, 5.74) is 1.05. The second-order valence-corrected chi connectivity index (χ2v) is 5.15. The number of anilines is 1. The van der Waals surface area contributed by atoms with Crippen LogP contribution in [0.4, 0.5) is 5.69 Å².